The molecule has 29 heavy (non-hydrogen) atoms. The van der Waals surface area contributed by atoms with Gasteiger partial charge < -0.3 is 24.8 Å². The Morgan fingerprint density at radius 2 is 1.52 bits per heavy atom. The molecule has 2 aromatic carbocycles. The minimum absolute atomic E-state index is 0.0458. The summed E-state index contributed by atoms with van der Waals surface area (Å²) in [7, 11) is 1.30. The summed E-state index contributed by atoms with van der Waals surface area (Å²) in [5, 5.41) is 5.23. The third kappa shape index (κ3) is 7.92. The molecular formula is C21H24N2O6. The first kappa shape index (κ1) is 21.7. The Labute approximate surface area is 169 Å². The molecule has 8 nitrogen and oxygen atoms in total. The van der Waals surface area contributed by atoms with Crippen molar-refractivity contribution in [2.75, 3.05) is 13.7 Å². The second kappa shape index (κ2) is 11.3. The first-order chi connectivity index (χ1) is 14.0. The molecule has 0 bridgehead atoms. The van der Waals surface area contributed by atoms with Crippen LogP contribution in [0.25, 0.3) is 0 Å². The summed E-state index contributed by atoms with van der Waals surface area (Å²) in [5.41, 5.74) is 2.14. The maximum atomic E-state index is 11.9. The highest BCUT2D eigenvalue weighted by Crippen LogP contribution is 2.06. The van der Waals surface area contributed by atoms with E-state index in [9.17, 15) is 14.4 Å². The second-order valence-corrected chi connectivity index (χ2v) is 6.20. The first-order valence-electron chi connectivity index (χ1n) is 9.04. The van der Waals surface area contributed by atoms with Gasteiger partial charge in [0.05, 0.1) is 12.7 Å². The lowest BCUT2D eigenvalue weighted by molar-refractivity contribution is 0.0221. The number of ether oxygens (including phenoxy) is 3. The molecule has 2 rings (SSSR count). The Hall–Kier alpha value is -3.55. The lowest BCUT2D eigenvalue weighted by Gasteiger charge is -2.14. The molecule has 0 radical (unpaired) electrons. The maximum absolute atomic E-state index is 11.9. The molecule has 8 heteroatoms. The van der Waals surface area contributed by atoms with Gasteiger partial charge in [0.1, 0.15) is 12.7 Å². The van der Waals surface area contributed by atoms with Crippen LogP contribution in [0.1, 0.15) is 28.4 Å². The van der Waals surface area contributed by atoms with E-state index in [4.69, 9.17) is 9.47 Å². The lowest BCUT2D eigenvalue weighted by atomic mass is 10.1. The zero-order chi connectivity index (χ0) is 21.1. The van der Waals surface area contributed by atoms with Crippen LogP contribution in [0.5, 0.6) is 0 Å². The van der Waals surface area contributed by atoms with Crippen LogP contribution in [-0.4, -0.2) is 38.0 Å². The summed E-state index contributed by atoms with van der Waals surface area (Å²) >= 11 is 0. The fraction of sp³-hybridized carbons (Fsp3) is 0.286. The van der Waals surface area contributed by atoms with E-state index in [1.165, 1.54) is 7.11 Å². The second-order valence-electron chi connectivity index (χ2n) is 6.20. The number of nitrogens with one attached hydrogen (secondary N) is 2. The van der Waals surface area contributed by atoms with Crippen molar-refractivity contribution in [3.8, 4) is 0 Å². The highest BCUT2D eigenvalue weighted by Gasteiger charge is 2.13. The van der Waals surface area contributed by atoms with Crippen molar-refractivity contribution in [2.24, 2.45) is 0 Å². The van der Waals surface area contributed by atoms with Crippen molar-refractivity contribution in [3.05, 3.63) is 71.3 Å². The molecule has 154 valence electrons. The Bertz CT molecular complexity index is 825. The molecule has 2 N–H and O–H groups in total. The summed E-state index contributed by atoms with van der Waals surface area (Å²) in [4.78, 5) is 34.9. The summed E-state index contributed by atoms with van der Waals surface area (Å²) in [6, 6.07) is 15.9. The van der Waals surface area contributed by atoms with Crippen molar-refractivity contribution < 1.29 is 28.6 Å². The number of rotatable bonds is 8. The van der Waals surface area contributed by atoms with E-state index < -0.39 is 24.3 Å². The van der Waals surface area contributed by atoms with E-state index in [1.54, 1.807) is 37.3 Å². The predicted octanol–water partition coefficient (Wildman–Crippen LogP) is 3.01. The van der Waals surface area contributed by atoms with Crippen molar-refractivity contribution in [1.82, 2.24) is 10.6 Å². The first-order valence-corrected chi connectivity index (χ1v) is 9.04. The van der Waals surface area contributed by atoms with Crippen molar-refractivity contribution in [1.29, 1.82) is 0 Å². The van der Waals surface area contributed by atoms with Crippen LogP contribution in [0, 0.1) is 0 Å². The van der Waals surface area contributed by atoms with Gasteiger partial charge >= 0.3 is 18.2 Å². The topological polar surface area (TPSA) is 103 Å². The van der Waals surface area contributed by atoms with Gasteiger partial charge in [0.15, 0.2) is 0 Å². The van der Waals surface area contributed by atoms with Gasteiger partial charge in [0, 0.05) is 13.1 Å². The number of carbonyl (C=O) groups excluding carboxylic acids is 3. The van der Waals surface area contributed by atoms with Crippen LogP contribution >= 0.6 is 0 Å². The Morgan fingerprint density at radius 1 is 0.897 bits per heavy atom. The summed E-state index contributed by atoms with van der Waals surface area (Å²) in [6.07, 6.45) is -1.73. The molecule has 2 aromatic rings. The molecule has 0 aliphatic carbocycles. The molecule has 0 aliphatic rings. The van der Waals surface area contributed by atoms with Gasteiger partial charge in [0.2, 0.25) is 0 Å². The highest BCUT2D eigenvalue weighted by molar-refractivity contribution is 5.89. The number of alkyl carbamates (subject to hydrolysis) is 2. The van der Waals surface area contributed by atoms with Gasteiger partial charge in [-0.2, -0.15) is 0 Å². The van der Waals surface area contributed by atoms with Crippen molar-refractivity contribution >= 4 is 18.2 Å². The van der Waals surface area contributed by atoms with E-state index in [1.807, 2.05) is 24.3 Å². The van der Waals surface area contributed by atoms with Crippen molar-refractivity contribution in [3.63, 3.8) is 0 Å². The fourth-order valence-electron chi connectivity index (χ4n) is 2.38. The molecule has 0 saturated carbocycles. The molecule has 2 amide bonds. The summed E-state index contributed by atoms with van der Waals surface area (Å²) < 4.78 is 14.8. The maximum Gasteiger partial charge on any atom is 0.407 e. The average Bonchev–Trinajstić information content (AvgIpc) is 2.75. The van der Waals surface area contributed by atoms with Gasteiger partial charge in [-0.3, -0.25) is 0 Å². The van der Waals surface area contributed by atoms with E-state index in [0.29, 0.717) is 12.1 Å². The highest BCUT2D eigenvalue weighted by atomic mass is 16.6. The molecule has 1 unspecified atom stereocenters. The Kier molecular flexibility index (Phi) is 8.50. The molecule has 0 aliphatic heterocycles. The minimum Gasteiger partial charge on any atom is -0.458 e. The molecule has 0 heterocycles. The summed E-state index contributed by atoms with van der Waals surface area (Å²) in [5.74, 6) is -0.473. The SMILES string of the molecule is COC(=O)NCc1cccc(CNC(=O)OC(C)COC(=O)c2ccccc2)c1. The Morgan fingerprint density at radius 3 is 2.14 bits per heavy atom. The number of benzene rings is 2. The van der Waals surface area contributed by atoms with Crippen LogP contribution in [0.4, 0.5) is 9.59 Å². The lowest BCUT2D eigenvalue weighted by Crippen LogP contribution is -2.30. The number of esters is 1. The standard InChI is InChI=1S/C21H24N2O6/c1-15(14-28-19(24)18-9-4-3-5-10-18)29-21(26)23-13-17-8-6-7-16(11-17)12-22-20(25)27-2/h3-11,15H,12-14H2,1-2H3,(H,22,25)(H,23,26). The number of hydrogen-bond donors (Lipinski definition) is 2. The predicted molar refractivity (Wildman–Crippen MR) is 105 cm³/mol. The van der Waals surface area contributed by atoms with Crippen LogP contribution in [0.15, 0.2) is 54.6 Å². The molecule has 1 atom stereocenters. The Balaban J connectivity index is 1.72. The van der Waals surface area contributed by atoms with Crippen LogP contribution in [0.3, 0.4) is 0 Å². The molecule has 0 aromatic heterocycles. The van der Waals surface area contributed by atoms with Crippen LogP contribution in [-0.2, 0) is 27.3 Å². The largest absolute Gasteiger partial charge is 0.458 e. The molecular weight excluding hydrogens is 376 g/mol. The van der Waals surface area contributed by atoms with Gasteiger partial charge in [-0.25, -0.2) is 14.4 Å². The molecule has 0 saturated heterocycles. The van der Waals surface area contributed by atoms with E-state index in [0.717, 1.165) is 11.1 Å². The molecule has 0 spiro atoms. The third-order valence-electron chi connectivity index (χ3n) is 3.82. The quantitative estimate of drug-likeness (QED) is 0.522. The monoisotopic (exact) mass is 400 g/mol. The average molecular weight is 400 g/mol. The zero-order valence-electron chi connectivity index (χ0n) is 16.3. The van der Waals surface area contributed by atoms with Crippen LogP contribution < -0.4 is 10.6 Å². The number of carbonyl (C=O) groups is 3. The normalized spacial score (nSPS) is 11.1. The van der Waals surface area contributed by atoms with E-state index >= 15 is 0 Å². The number of hydrogen-bond acceptors (Lipinski definition) is 6. The minimum atomic E-state index is -0.619. The van der Waals surface area contributed by atoms with Gasteiger partial charge in [-0.05, 0) is 30.2 Å². The molecule has 0 fully saturated rings. The fourth-order valence-corrected chi connectivity index (χ4v) is 2.38. The van der Waals surface area contributed by atoms with Crippen LogP contribution in [0.2, 0.25) is 0 Å². The third-order valence-corrected chi connectivity index (χ3v) is 3.82. The van der Waals surface area contributed by atoms with Gasteiger partial charge in [0.25, 0.3) is 0 Å². The number of amides is 2. The zero-order valence-corrected chi connectivity index (χ0v) is 16.3. The summed E-state index contributed by atoms with van der Waals surface area (Å²) in [6.45, 7) is 2.16. The van der Waals surface area contributed by atoms with Crippen molar-refractivity contribution in [2.45, 2.75) is 26.1 Å². The smallest absolute Gasteiger partial charge is 0.407 e. The van der Waals surface area contributed by atoms with Gasteiger partial charge in [-0.15, -0.1) is 0 Å². The van der Waals surface area contributed by atoms with E-state index in [-0.39, 0.29) is 13.2 Å². The van der Waals surface area contributed by atoms with Gasteiger partial charge in [-0.1, -0.05) is 42.5 Å². The van der Waals surface area contributed by atoms with E-state index in [2.05, 4.69) is 15.4 Å². The number of methoxy groups -OCH3 is 1.